The largest absolute Gasteiger partial charge is 0.359 e. The highest BCUT2D eigenvalue weighted by Crippen LogP contribution is 2.33. The van der Waals surface area contributed by atoms with Crippen molar-refractivity contribution >= 4 is 46.4 Å². The van der Waals surface area contributed by atoms with Gasteiger partial charge in [0.05, 0.1) is 17.1 Å². The molecule has 0 aromatic heterocycles. The molecule has 4 nitrogen and oxygen atoms in total. The normalized spacial score (nSPS) is 17.3. The molecule has 2 heterocycles. The second kappa shape index (κ2) is 7.95. The number of nitrogens with zero attached hydrogens (tertiary/aromatic N) is 1. The lowest BCUT2D eigenvalue weighted by molar-refractivity contribution is -0.115. The van der Waals surface area contributed by atoms with Crippen LogP contribution >= 0.6 is 23.5 Å². The predicted octanol–water partition coefficient (Wildman–Crippen LogP) is 3.97. The third-order valence-corrected chi connectivity index (χ3v) is 6.03. The van der Waals surface area contributed by atoms with Gasteiger partial charge in [0.15, 0.2) is 0 Å². The predicted molar refractivity (Wildman–Crippen MR) is 112 cm³/mol. The molecule has 0 unspecified atom stereocenters. The summed E-state index contributed by atoms with van der Waals surface area (Å²) in [6, 6.07) is 16.1. The molecule has 0 bridgehead atoms. The van der Waals surface area contributed by atoms with Gasteiger partial charge in [0.1, 0.15) is 0 Å². The molecule has 27 heavy (non-hydrogen) atoms. The van der Waals surface area contributed by atoms with E-state index in [1.165, 1.54) is 10.6 Å². The van der Waals surface area contributed by atoms with Gasteiger partial charge in [-0.1, -0.05) is 36.1 Å². The van der Waals surface area contributed by atoms with Crippen LogP contribution in [-0.2, 0) is 4.79 Å². The maximum Gasteiger partial charge on any atom is 0.290 e. The van der Waals surface area contributed by atoms with E-state index in [2.05, 4.69) is 46.3 Å². The molecule has 4 rings (SSSR count). The summed E-state index contributed by atoms with van der Waals surface area (Å²) in [6.45, 7) is 1.70. The summed E-state index contributed by atoms with van der Waals surface area (Å²) >= 11 is 2.81. The van der Waals surface area contributed by atoms with Crippen molar-refractivity contribution in [3.8, 4) is 11.8 Å². The summed E-state index contributed by atoms with van der Waals surface area (Å²) in [5.74, 6) is 7.20. The Balaban J connectivity index is 1.42. The first kappa shape index (κ1) is 17.8. The number of carbonyl (C=O) groups is 2. The van der Waals surface area contributed by atoms with Crippen molar-refractivity contribution in [2.24, 2.45) is 0 Å². The zero-order valence-corrected chi connectivity index (χ0v) is 16.0. The van der Waals surface area contributed by atoms with E-state index in [0.29, 0.717) is 11.4 Å². The van der Waals surface area contributed by atoms with Crippen molar-refractivity contribution in [1.29, 1.82) is 0 Å². The molecule has 6 heteroatoms. The quantitative estimate of drug-likeness (QED) is 0.619. The van der Waals surface area contributed by atoms with Crippen molar-refractivity contribution in [3.63, 3.8) is 0 Å². The molecule has 0 aliphatic carbocycles. The second-order valence-corrected chi connectivity index (χ2v) is 8.17. The Bertz CT molecular complexity index is 987. The molecule has 1 N–H and O–H groups in total. The highest BCUT2D eigenvalue weighted by Gasteiger charge is 2.24. The van der Waals surface area contributed by atoms with Gasteiger partial charge in [0, 0.05) is 22.8 Å². The third kappa shape index (κ3) is 4.21. The number of imide groups is 1. The fourth-order valence-electron chi connectivity index (χ4n) is 2.86. The number of hydrogen-bond acceptors (Lipinski definition) is 5. The molecule has 134 valence electrons. The van der Waals surface area contributed by atoms with Gasteiger partial charge in [-0.05, 0) is 47.7 Å². The number of thioether (sulfide) groups is 2. The molecule has 0 radical (unpaired) electrons. The number of amides is 2. The fraction of sp³-hybridized carbons (Fsp3) is 0.143. The molecular weight excluding hydrogens is 376 g/mol. The number of para-hydroxylation sites is 1. The maximum absolute atomic E-state index is 11.6. The Labute approximate surface area is 166 Å². The van der Waals surface area contributed by atoms with Crippen LogP contribution in [0.4, 0.5) is 10.5 Å². The standard InChI is InChI=1S/C21H16N2O2S2/c24-20-19(27-21(25)22-20)14-16-9-7-15(8-10-16)4-3-11-23-12-13-26-18-6-2-1-5-17(18)23/h1-2,5-10,14H,11-13H2,(H,22,24,25)/b19-14-. The van der Waals surface area contributed by atoms with E-state index in [0.717, 1.165) is 35.2 Å². The van der Waals surface area contributed by atoms with Gasteiger partial charge in [0.25, 0.3) is 11.1 Å². The SMILES string of the molecule is O=C1NC(=O)/C(=C/c2ccc(C#CCN3CCSc4ccccc43)cc2)S1. The smallest absolute Gasteiger partial charge is 0.290 e. The van der Waals surface area contributed by atoms with Gasteiger partial charge in [-0.15, -0.1) is 11.8 Å². The highest BCUT2D eigenvalue weighted by molar-refractivity contribution is 8.18. The van der Waals surface area contributed by atoms with Crippen LogP contribution in [0.25, 0.3) is 6.08 Å². The molecule has 1 saturated heterocycles. The molecule has 0 atom stereocenters. The lowest BCUT2D eigenvalue weighted by atomic mass is 10.1. The van der Waals surface area contributed by atoms with Crippen LogP contribution in [-0.4, -0.2) is 30.0 Å². The first-order chi connectivity index (χ1) is 13.2. The average molecular weight is 393 g/mol. The summed E-state index contributed by atoms with van der Waals surface area (Å²) in [4.78, 5) is 26.8. The molecule has 2 aromatic carbocycles. The topological polar surface area (TPSA) is 49.4 Å². The van der Waals surface area contributed by atoms with Gasteiger partial charge in [-0.2, -0.15) is 0 Å². The lowest BCUT2D eigenvalue weighted by Crippen LogP contribution is -2.29. The third-order valence-electron chi connectivity index (χ3n) is 4.18. The average Bonchev–Trinajstić information content (AvgIpc) is 3.00. The van der Waals surface area contributed by atoms with Crippen molar-refractivity contribution in [2.75, 3.05) is 23.7 Å². The van der Waals surface area contributed by atoms with E-state index in [1.54, 1.807) is 6.08 Å². The molecule has 2 aliphatic rings. The van der Waals surface area contributed by atoms with E-state index < -0.39 is 0 Å². The number of rotatable bonds is 2. The number of carbonyl (C=O) groups excluding carboxylic acids is 2. The van der Waals surface area contributed by atoms with Gasteiger partial charge in [0.2, 0.25) is 0 Å². The fourth-order valence-corrected chi connectivity index (χ4v) is 4.60. The molecule has 2 amide bonds. The van der Waals surface area contributed by atoms with Crippen LogP contribution in [0.5, 0.6) is 0 Å². The monoisotopic (exact) mass is 392 g/mol. The maximum atomic E-state index is 11.6. The van der Waals surface area contributed by atoms with Crippen LogP contribution in [0, 0.1) is 11.8 Å². The van der Waals surface area contributed by atoms with Gasteiger partial charge < -0.3 is 4.90 Å². The Morgan fingerprint density at radius 2 is 1.93 bits per heavy atom. The van der Waals surface area contributed by atoms with E-state index in [1.807, 2.05) is 36.0 Å². The number of hydrogen-bond donors (Lipinski definition) is 1. The van der Waals surface area contributed by atoms with Crippen LogP contribution in [0.1, 0.15) is 11.1 Å². The molecule has 2 aromatic rings. The minimum atomic E-state index is -0.339. The lowest BCUT2D eigenvalue weighted by Gasteiger charge is -2.28. The summed E-state index contributed by atoms with van der Waals surface area (Å²) in [6.07, 6.45) is 1.71. The van der Waals surface area contributed by atoms with Crippen LogP contribution in [0.15, 0.2) is 58.3 Å². The zero-order chi connectivity index (χ0) is 18.6. The first-order valence-electron chi connectivity index (χ1n) is 8.49. The van der Waals surface area contributed by atoms with Crippen molar-refractivity contribution in [1.82, 2.24) is 5.32 Å². The van der Waals surface area contributed by atoms with Gasteiger partial charge in [-0.25, -0.2) is 0 Å². The van der Waals surface area contributed by atoms with E-state index in [9.17, 15) is 9.59 Å². The first-order valence-corrected chi connectivity index (χ1v) is 10.3. The Hall–Kier alpha value is -2.62. The number of fused-ring (bicyclic) bond motifs is 1. The van der Waals surface area contributed by atoms with E-state index in [-0.39, 0.29) is 11.1 Å². The van der Waals surface area contributed by atoms with Crippen molar-refractivity contribution < 1.29 is 9.59 Å². The minimum Gasteiger partial charge on any atom is -0.359 e. The zero-order valence-electron chi connectivity index (χ0n) is 14.4. The summed E-state index contributed by atoms with van der Waals surface area (Å²) in [5.41, 5.74) is 3.05. The van der Waals surface area contributed by atoms with E-state index >= 15 is 0 Å². The number of benzene rings is 2. The second-order valence-electron chi connectivity index (χ2n) is 6.01. The van der Waals surface area contributed by atoms with Gasteiger partial charge in [-0.3, -0.25) is 14.9 Å². The Kier molecular flexibility index (Phi) is 5.23. The molecule has 1 fully saturated rings. The number of nitrogens with one attached hydrogen (secondary N) is 1. The minimum absolute atomic E-state index is 0.327. The van der Waals surface area contributed by atoms with E-state index in [4.69, 9.17) is 0 Å². The van der Waals surface area contributed by atoms with Gasteiger partial charge >= 0.3 is 0 Å². The Morgan fingerprint density at radius 1 is 1.11 bits per heavy atom. The van der Waals surface area contributed by atoms with Crippen LogP contribution in [0.2, 0.25) is 0 Å². The van der Waals surface area contributed by atoms with Crippen molar-refractivity contribution in [3.05, 3.63) is 64.6 Å². The molecule has 0 spiro atoms. The Morgan fingerprint density at radius 3 is 2.70 bits per heavy atom. The molecular formula is C21H16N2O2S2. The van der Waals surface area contributed by atoms with Crippen molar-refractivity contribution in [2.45, 2.75) is 4.90 Å². The molecule has 0 saturated carbocycles. The summed E-state index contributed by atoms with van der Waals surface area (Å²) in [5, 5.41) is 1.93. The summed E-state index contributed by atoms with van der Waals surface area (Å²) < 4.78 is 0. The molecule has 2 aliphatic heterocycles. The highest BCUT2D eigenvalue weighted by atomic mass is 32.2. The number of anilines is 1. The van der Waals surface area contributed by atoms with Crippen LogP contribution < -0.4 is 10.2 Å². The summed E-state index contributed by atoms with van der Waals surface area (Å²) in [7, 11) is 0. The van der Waals surface area contributed by atoms with Crippen LogP contribution in [0.3, 0.4) is 0 Å².